The van der Waals surface area contributed by atoms with Gasteiger partial charge in [-0.3, -0.25) is 14.4 Å². The average Bonchev–Trinajstić information content (AvgIpc) is 3.01. The van der Waals surface area contributed by atoms with Crippen LogP contribution in [0.15, 0.2) is 30.3 Å². The molecule has 0 atom stereocenters. The molecule has 0 spiro atoms. The molecule has 1 aliphatic rings. The zero-order chi connectivity index (χ0) is 18.5. The number of amides is 1. The summed E-state index contributed by atoms with van der Waals surface area (Å²) < 4.78 is 20.2. The van der Waals surface area contributed by atoms with Crippen LogP contribution in [0.25, 0.3) is 0 Å². The lowest BCUT2D eigenvalue weighted by molar-refractivity contribution is -0.123. The molecule has 26 heavy (non-hydrogen) atoms. The van der Waals surface area contributed by atoms with Gasteiger partial charge < -0.3 is 10.1 Å². The summed E-state index contributed by atoms with van der Waals surface area (Å²) >= 11 is 0. The molecular formula is C19H25FN4O2. The maximum atomic E-state index is 12.8. The SMILES string of the molecule is CC(C)CN1CCn2nc(CNC(=O)COc3ccc(F)cc3)cc2C1. The number of ether oxygens (including phenoxy) is 1. The fourth-order valence-corrected chi connectivity index (χ4v) is 3.06. The third-order valence-electron chi connectivity index (χ3n) is 4.20. The predicted molar refractivity (Wildman–Crippen MR) is 96.1 cm³/mol. The number of nitrogens with zero attached hydrogens (tertiary/aromatic N) is 3. The van der Waals surface area contributed by atoms with Gasteiger partial charge in [0.05, 0.1) is 24.5 Å². The Balaban J connectivity index is 1.46. The molecule has 0 radical (unpaired) electrons. The molecular weight excluding hydrogens is 335 g/mol. The van der Waals surface area contributed by atoms with E-state index in [4.69, 9.17) is 4.74 Å². The summed E-state index contributed by atoms with van der Waals surface area (Å²) in [6.45, 7) is 8.57. The Labute approximate surface area is 152 Å². The van der Waals surface area contributed by atoms with Gasteiger partial charge in [0.15, 0.2) is 6.61 Å². The summed E-state index contributed by atoms with van der Waals surface area (Å²) in [5.41, 5.74) is 2.03. The second kappa shape index (κ2) is 8.31. The van der Waals surface area contributed by atoms with Crippen molar-refractivity contribution in [3.63, 3.8) is 0 Å². The van der Waals surface area contributed by atoms with Gasteiger partial charge in [0, 0.05) is 19.6 Å². The summed E-state index contributed by atoms with van der Waals surface area (Å²) in [7, 11) is 0. The normalized spacial score (nSPS) is 14.3. The van der Waals surface area contributed by atoms with Crippen LogP contribution in [0.5, 0.6) is 5.75 Å². The van der Waals surface area contributed by atoms with E-state index >= 15 is 0 Å². The molecule has 1 aromatic carbocycles. The van der Waals surface area contributed by atoms with Gasteiger partial charge >= 0.3 is 0 Å². The molecule has 0 saturated heterocycles. The molecule has 2 heterocycles. The minimum atomic E-state index is -0.336. The van der Waals surface area contributed by atoms with Crippen LogP contribution in [0.4, 0.5) is 4.39 Å². The van der Waals surface area contributed by atoms with Crippen LogP contribution in [0.2, 0.25) is 0 Å². The Hall–Kier alpha value is -2.41. The van der Waals surface area contributed by atoms with Crippen molar-refractivity contribution in [1.82, 2.24) is 20.0 Å². The molecule has 0 saturated carbocycles. The Morgan fingerprint density at radius 2 is 2.08 bits per heavy atom. The first kappa shape index (κ1) is 18.4. The first-order valence-electron chi connectivity index (χ1n) is 8.92. The van der Waals surface area contributed by atoms with E-state index in [2.05, 4.69) is 29.2 Å². The van der Waals surface area contributed by atoms with Crippen LogP contribution in [0, 0.1) is 11.7 Å². The quantitative estimate of drug-likeness (QED) is 0.822. The van der Waals surface area contributed by atoms with Gasteiger partial charge in [0.1, 0.15) is 11.6 Å². The highest BCUT2D eigenvalue weighted by Crippen LogP contribution is 2.15. The molecule has 0 fully saturated rings. The molecule has 1 aromatic heterocycles. The Kier molecular flexibility index (Phi) is 5.88. The monoisotopic (exact) mass is 360 g/mol. The third-order valence-corrected chi connectivity index (χ3v) is 4.20. The van der Waals surface area contributed by atoms with Crippen molar-refractivity contribution in [2.75, 3.05) is 19.7 Å². The van der Waals surface area contributed by atoms with Gasteiger partial charge in [-0.25, -0.2) is 4.39 Å². The van der Waals surface area contributed by atoms with Crippen LogP contribution in [-0.2, 0) is 24.4 Å². The summed E-state index contributed by atoms with van der Waals surface area (Å²) in [5.74, 6) is 0.535. The van der Waals surface area contributed by atoms with Crippen LogP contribution in [-0.4, -0.2) is 40.3 Å². The summed E-state index contributed by atoms with van der Waals surface area (Å²) in [6.07, 6.45) is 0. The van der Waals surface area contributed by atoms with E-state index in [1.807, 2.05) is 10.7 Å². The van der Waals surface area contributed by atoms with E-state index < -0.39 is 0 Å². The minimum Gasteiger partial charge on any atom is -0.484 e. The lowest BCUT2D eigenvalue weighted by Gasteiger charge is -2.28. The maximum absolute atomic E-state index is 12.8. The lowest BCUT2D eigenvalue weighted by atomic mass is 10.2. The Morgan fingerprint density at radius 1 is 1.31 bits per heavy atom. The number of halogens is 1. The second-order valence-corrected chi connectivity index (χ2v) is 7.00. The highest BCUT2D eigenvalue weighted by molar-refractivity contribution is 5.77. The van der Waals surface area contributed by atoms with Crippen molar-refractivity contribution < 1.29 is 13.9 Å². The number of rotatable bonds is 7. The van der Waals surface area contributed by atoms with Gasteiger partial charge in [0.25, 0.3) is 5.91 Å². The van der Waals surface area contributed by atoms with Crippen LogP contribution in [0.1, 0.15) is 25.2 Å². The topological polar surface area (TPSA) is 59.4 Å². The Morgan fingerprint density at radius 3 is 2.81 bits per heavy atom. The van der Waals surface area contributed by atoms with Crippen molar-refractivity contribution in [1.29, 1.82) is 0 Å². The molecule has 0 aliphatic carbocycles. The number of aromatic nitrogens is 2. The van der Waals surface area contributed by atoms with Gasteiger partial charge in [-0.15, -0.1) is 0 Å². The number of hydrogen-bond acceptors (Lipinski definition) is 4. The zero-order valence-electron chi connectivity index (χ0n) is 15.2. The van der Waals surface area contributed by atoms with Crippen molar-refractivity contribution in [3.8, 4) is 5.75 Å². The smallest absolute Gasteiger partial charge is 0.258 e. The minimum absolute atomic E-state index is 0.110. The summed E-state index contributed by atoms with van der Waals surface area (Å²) in [5, 5.41) is 7.36. The van der Waals surface area contributed by atoms with Gasteiger partial charge in [-0.2, -0.15) is 5.10 Å². The van der Waals surface area contributed by atoms with E-state index in [0.29, 0.717) is 18.2 Å². The van der Waals surface area contributed by atoms with Gasteiger partial charge in [-0.1, -0.05) is 13.8 Å². The fourth-order valence-electron chi connectivity index (χ4n) is 3.06. The first-order valence-corrected chi connectivity index (χ1v) is 8.92. The molecule has 6 nitrogen and oxygen atoms in total. The van der Waals surface area contributed by atoms with E-state index in [1.54, 1.807) is 0 Å². The molecule has 140 valence electrons. The zero-order valence-corrected chi connectivity index (χ0v) is 15.2. The molecule has 2 aromatic rings. The van der Waals surface area contributed by atoms with E-state index in [1.165, 1.54) is 30.0 Å². The van der Waals surface area contributed by atoms with Gasteiger partial charge in [-0.05, 0) is 36.2 Å². The molecule has 1 N–H and O–H groups in total. The molecule has 1 aliphatic heterocycles. The molecule has 0 unspecified atom stereocenters. The van der Waals surface area contributed by atoms with E-state index in [0.717, 1.165) is 31.9 Å². The predicted octanol–water partition coefficient (Wildman–Crippen LogP) is 2.19. The average molecular weight is 360 g/mol. The molecule has 7 heteroatoms. The number of carbonyl (C=O) groups excluding carboxylic acids is 1. The van der Waals surface area contributed by atoms with Crippen molar-refractivity contribution in [3.05, 3.63) is 47.5 Å². The number of nitrogens with one attached hydrogen (secondary N) is 1. The lowest BCUT2D eigenvalue weighted by Crippen LogP contribution is -2.36. The van der Waals surface area contributed by atoms with Crippen LogP contribution in [0.3, 0.4) is 0 Å². The maximum Gasteiger partial charge on any atom is 0.258 e. The third kappa shape index (κ3) is 5.05. The second-order valence-electron chi connectivity index (χ2n) is 7.00. The standard InChI is InChI=1S/C19H25FN4O2/c1-14(2)11-23-7-8-24-17(12-23)9-16(22-24)10-21-19(25)13-26-18-5-3-15(20)4-6-18/h3-6,9,14H,7-8,10-13H2,1-2H3,(H,21,25). The van der Waals surface area contributed by atoms with E-state index in [9.17, 15) is 9.18 Å². The fraction of sp³-hybridized carbons (Fsp3) is 0.474. The van der Waals surface area contributed by atoms with Gasteiger partial charge in [0.2, 0.25) is 0 Å². The molecule has 0 bridgehead atoms. The molecule has 3 rings (SSSR count). The van der Waals surface area contributed by atoms with Crippen molar-refractivity contribution in [2.45, 2.75) is 33.5 Å². The largest absolute Gasteiger partial charge is 0.484 e. The number of hydrogen-bond donors (Lipinski definition) is 1. The van der Waals surface area contributed by atoms with E-state index in [-0.39, 0.29) is 18.3 Å². The Bertz CT molecular complexity index is 742. The van der Waals surface area contributed by atoms with Crippen LogP contribution >= 0.6 is 0 Å². The first-order chi connectivity index (χ1) is 12.5. The number of fused-ring (bicyclic) bond motifs is 1. The number of carbonyl (C=O) groups is 1. The highest BCUT2D eigenvalue weighted by Gasteiger charge is 2.19. The summed E-state index contributed by atoms with van der Waals surface area (Å²) in [4.78, 5) is 14.4. The van der Waals surface area contributed by atoms with Crippen molar-refractivity contribution >= 4 is 5.91 Å². The summed E-state index contributed by atoms with van der Waals surface area (Å²) in [6, 6.07) is 7.63. The molecule has 1 amide bonds. The van der Waals surface area contributed by atoms with Crippen molar-refractivity contribution in [2.24, 2.45) is 5.92 Å². The van der Waals surface area contributed by atoms with Crippen LogP contribution < -0.4 is 10.1 Å². The highest BCUT2D eigenvalue weighted by atomic mass is 19.1. The number of benzene rings is 1.